The highest BCUT2D eigenvalue weighted by molar-refractivity contribution is 6.33. The second-order valence-corrected chi connectivity index (χ2v) is 7.30. The van der Waals surface area contributed by atoms with Gasteiger partial charge in [-0.1, -0.05) is 60.1 Å². The summed E-state index contributed by atoms with van der Waals surface area (Å²) in [5.74, 6) is 0. The predicted octanol–water partition coefficient (Wildman–Crippen LogP) is 5.78. The van der Waals surface area contributed by atoms with E-state index in [0.717, 1.165) is 19.5 Å². The maximum absolute atomic E-state index is 5.84. The number of anilines is 2. The van der Waals surface area contributed by atoms with E-state index in [1.54, 1.807) is 0 Å². The molecule has 1 aliphatic heterocycles. The van der Waals surface area contributed by atoms with Crippen LogP contribution in [-0.4, -0.2) is 13.1 Å². The number of hydrogen-bond acceptors (Lipinski definition) is 2. The molecular weight excluding hydrogens is 340 g/mol. The van der Waals surface area contributed by atoms with E-state index in [4.69, 9.17) is 17.3 Å². The second-order valence-electron chi connectivity index (χ2n) is 6.89. The Kier molecular flexibility index (Phi) is 4.85. The van der Waals surface area contributed by atoms with Crippen molar-refractivity contribution in [3.05, 3.63) is 82.9 Å². The average molecular weight is 363 g/mol. The van der Waals surface area contributed by atoms with Gasteiger partial charge in [-0.25, -0.2) is 0 Å². The predicted molar refractivity (Wildman–Crippen MR) is 112 cm³/mol. The number of rotatable bonds is 1. The molecule has 0 radical (unpaired) electrons. The largest absolute Gasteiger partial charge is 0.397 e. The molecule has 0 aromatic heterocycles. The minimum Gasteiger partial charge on any atom is -0.397 e. The van der Waals surface area contributed by atoms with Crippen molar-refractivity contribution in [3.63, 3.8) is 0 Å². The molecule has 0 atom stereocenters. The van der Waals surface area contributed by atoms with Crippen molar-refractivity contribution < 1.29 is 0 Å². The zero-order valence-corrected chi connectivity index (χ0v) is 15.5. The lowest BCUT2D eigenvalue weighted by Crippen LogP contribution is -2.17. The van der Waals surface area contributed by atoms with Crippen molar-refractivity contribution in [2.75, 3.05) is 23.7 Å². The summed E-state index contributed by atoms with van der Waals surface area (Å²) in [6.07, 6.45) is 3.66. The zero-order chi connectivity index (χ0) is 17.9. The number of nitrogen functional groups attached to an aromatic ring is 1. The Balaban J connectivity index is 0.000000129. The topological polar surface area (TPSA) is 29.3 Å². The molecular formula is C23H23ClN2. The Hall–Kier alpha value is -2.45. The summed E-state index contributed by atoms with van der Waals surface area (Å²) in [6.45, 7) is 2.28. The van der Waals surface area contributed by atoms with Gasteiger partial charge in [0, 0.05) is 18.8 Å². The minimum atomic E-state index is 0.642. The fraction of sp³-hybridized carbons (Fsp3) is 0.217. The van der Waals surface area contributed by atoms with Gasteiger partial charge in [-0.3, -0.25) is 0 Å². The van der Waals surface area contributed by atoms with Crippen LogP contribution in [0.4, 0.5) is 11.4 Å². The van der Waals surface area contributed by atoms with Crippen molar-refractivity contribution in [1.82, 2.24) is 0 Å². The molecule has 2 N–H and O–H groups in total. The van der Waals surface area contributed by atoms with Crippen LogP contribution in [-0.2, 0) is 6.42 Å². The molecule has 26 heavy (non-hydrogen) atoms. The van der Waals surface area contributed by atoms with Crippen LogP contribution in [0.2, 0.25) is 5.02 Å². The van der Waals surface area contributed by atoms with E-state index in [2.05, 4.69) is 53.4 Å². The number of fused-ring (bicyclic) bond motifs is 3. The van der Waals surface area contributed by atoms with Crippen LogP contribution in [0.15, 0.2) is 66.7 Å². The average Bonchev–Trinajstić information content (AvgIpc) is 3.32. The molecule has 1 saturated heterocycles. The number of nitrogens with two attached hydrogens (primary N) is 1. The summed E-state index contributed by atoms with van der Waals surface area (Å²) in [6, 6.07) is 23.2. The van der Waals surface area contributed by atoms with Crippen molar-refractivity contribution in [3.8, 4) is 11.1 Å². The lowest BCUT2D eigenvalue weighted by molar-refractivity contribution is 0.949. The van der Waals surface area contributed by atoms with Gasteiger partial charge in [0.1, 0.15) is 0 Å². The third kappa shape index (κ3) is 3.42. The van der Waals surface area contributed by atoms with E-state index in [-0.39, 0.29) is 0 Å². The molecule has 5 rings (SSSR count). The van der Waals surface area contributed by atoms with Crippen molar-refractivity contribution in [2.45, 2.75) is 19.3 Å². The monoisotopic (exact) mass is 362 g/mol. The normalized spacial score (nSPS) is 14.4. The highest BCUT2D eigenvalue weighted by Crippen LogP contribution is 2.35. The van der Waals surface area contributed by atoms with Crippen LogP contribution >= 0.6 is 11.6 Å². The van der Waals surface area contributed by atoms with Crippen LogP contribution in [0, 0.1) is 0 Å². The van der Waals surface area contributed by atoms with Gasteiger partial charge in [0.05, 0.1) is 10.7 Å². The molecule has 1 heterocycles. The fourth-order valence-electron chi connectivity index (χ4n) is 3.78. The molecule has 0 spiro atoms. The number of benzene rings is 3. The van der Waals surface area contributed by atoms with E-state index >= 15 is 0 Å². The molecule has 3 aromatic carbocycles. The lowest BCUT2D eigenvalue weighted by atomic mass is 10.1. The highest BCUT2D eigenvalue weighted by Gasteiger charge is 2.16. The Bertz CT molecular complexity index is 870. The van der Waals surface area contributed by atoms with Gasteiger partial charge >= 0.3 is 0 Å². The van der Waals surface area contributed by atoms with Crippen molar-refractivity contribution in [2.24, 2.45) is 0 Å². The maximum Gasteiger partial charge on any atom is 0.0636 e. The number of nitrogens with zero attached hydrogens (tertiary/aromatic N) is 1. The van der Waals surface area contributed by atoms with Gasteiger partial charge in [0.25, 0.3) is 0 Å². The van der Waals surface area contributed by atoms with Crippen LogP contribution in [0.25, 0.3) is 11.1 Å². The summed E-state index contributed by atoms with van der Waals surface area (Å²) in [5.41, 5.74) is 13.3. The molecule has 132 valence electrons. The van der Waals surface area contributed by atoms with Gasteiger partial charge in [-0.2, -0.15) is 0 Å². The second kappa shape index (κ2) is 7.43. The molecule has 2 nitrogen and oxygen atoms in total. The third-order valence-corrected chi connectivity index (χ3v) is 5.50. The third-order valence-electron chi connectivity index (χ3n) is 5.16. The van der Waals surface area contributed by atoms with E-state index < -0.39 is 0 Å². The molecule has 2 aliphatic rings. The maximum atomic E-state index is 5.84. The summed E-state index contributed by atoms with van der Waals surface area (Å²) < 4.78 is 0. The number of halogens is 1. The minimum absolute atomic E-state index is 0.642. The molecule has 0 unspecified atom stereocenters. The Labute approximate surface area is 160 Å². The summed E-state index contributed by atoms with van der Waals surface area (Å²) in [4.78, 5) is 2.34. The van der Waals surface area contributed by atoms with Crippen molar-refractivity contribution in [1.29, 1.82) is 0 Å². The highest BCUT2D eigenvalue weighted by atomic mass is 35.5. The van der Waals surface area contributed by atoms with Crippen LogP contribution in [0.1, 0.15) is 24.0 Å². The summed E-state index contributed by atoms with van der Waals surface area (Å²) in [5, 5.41) is 0.642. The van der Waals surface area contributed by atoms with Crippen molar-refractivity contribution >= 4 is 23.0 Å². The van der Waals surface area contributed by atoms with Gasteiger partial charge < -0.3 is 10.6 Å². The first-order valence-electron chi connectivity index (χ1n) is 9.18. The van der Waals surface area contributed by atoms with Crippen LogP contribution < -0.4 is 10.6 Å². The molecule has 0 saturated carbocycles. The lowest BCUT2D eigenvalue weighted by Gasteiger charge is -2.17. The Morgan fingerprint density at radius 3 is 1.92 bits per heavy atom. The molecule has 3 aromatic rings. The zero-order valence-electron chi connectivity index (χ0n) is 14.8. The van der Waals surface area contributed by atoms with Gasteiger partial charge in [0.2, 0.25) is 0 Å². The molecule has 0 bridgehead atoms. The Morgan fingerprint density at radius 1 is 0.769 bits per heavy atom. The first-order chi connectivity index (χ1) is 12.7. The first-order valence-corrected chi connectivity index (χ1v) is 9.56. The summed E-state index contributed by atoms with van der Waals surface area (Å²) in [7, 11) is 0. The van der Waals surface area contributed by atoms with E-state index in [1.807, 2.05) is 18.2 Å². The molecule has 1 fully saturated rings. The van der Waals surface area contributed by atoms with E-state index in [0.29, 0.717) is 10.7 Å². The molecule has 3 heteroatoms. The Morgan fingerprint density at radius 2 is 1.35 bits per heavy atom. The molecule has 0 amide bonds. The smallest absolute Gasteiger partial charge is 0.0636 e. The molecule has 1 aliphatic carbocycles. The van der Waals surface area contributed by atoms with Crippen LogP contribution in [0.5, 0.6) is 0 Å². The van der Waals surface area contributed by atoms with Gasteiger partial charge in [-0.15, -0.1) is 0 Å². The van der Waals surface area contributed by atoms with E-state index in [1.165, 1.54) is 40.8 Å². The first kappa shape index (κ1) is 17.0. The number of hydrogen-bond donors (Lipinski definition) is 1. The quantitative estimate of drug-likeness (QED) is 0.435. The van der Waals surface area contributed by atoms with E-state index in [9.17, 15) is 0 Å². The van der Waals surface area contributed by atoms with Gasteiger partial charge in [-0.05, 0) is 59.7 Å². The standard InChI is InChI=1S/C13H10.C10H13ClN2/c1-3-7-12-10(5-1)9-11-6-2-4-8-13(11)12;11-9-4-3-8(7-10(9)12)13-5-1-2-6-13/h1-8H,9H2;3-4,7H,1-2,5-6,12H2. The fourth-order valence-corrected chi connectivity index (χ4v) is 3.90. The van der Waals surface area contributed by atoms with Gasteiger partial charge in [0.15, 0.2) is 0 Å². The van der Waals surface area contributed by atoms with Crippen LogP contribution in [0.3, 0.4) is 0 Å². The summed E-state index contributed by atoms with van der Waals surface area (Å²) >= 11 is 5.84. The SMILES string of the molecule is Nc1cc(N2CCCC2)ccc1Cl.c1ccc2c(c1)Cc1ccccc1-2.